The normalized spacial score (nSPS) is 10.8. The lowest BCUT2D eigenvalue weighted by atomic mass is 10.2. The molecular weight excluding hydrogens is 232 g/mol. The van der Waals surface area contributed by atoms with E-state index in [0.717, 1.165) is 22.8 Å². The third kappa shape index (κ3) is 2.89. The van der Waals surface area contributed by atoms with Crippen molar-refractivity contribution in [2.45, 2.75) is 33.1 Å². The molecular formula is C14H17ClN2. The number of benzene rings is 1. The zero-order valence-electron chi connectivity index (χ0n) is 10.3. The van der Waals surface area contributed by atoms with E-state index < -0.39 is 0 Å². The number of rotatable bonds is 4. The molecule has 2 rings (SSSR count). The van der Waals surface area contributed by atoms with Crippen LogP contribution in [0.5, 0.6) is 0 Å². The Balaban J connectivity index is 2.33. The lowest BCUT2D eigenvalue weighted by Crippen LogP contribution is -2.02. The third-order valence-electron chi connectivity index (χ3n) is 2.76. The van der Waals surface area contributed by atoms with E-state index in [1.54, 1.807) is 0 Å². The number of hydrogen-bond acceptors (Lipinski definition) is 1. The van der Waals surface area contributed by atoms with E-state index in [2.05, 4.69) is 18.1 Å². The van der Waals surface area contributed by atoms with E-state index in [-0.39, 0.29) is 0 Å². The van der Waals surface area contributed by atoms with Crippen molar-refractivity contribution in [1.29, 1.82) is 0 Å². The van der Waals surface area contributed by atoms with E-state index in [1.807, 2.05) is 35.9 Å². The van der Waals surface area contributed by atoms with Crippen molar-refractivity contribution in [3.63, 3.8) is 0 Å². The minimum Gasteiger partial charge on any atom is -0.238 e. The lowest BCUT2D eigenvalue weighted by Gasteiger charge is -2.06. The van der Waals surface area contributed by atoms with Gasteiger partial charge in [0.05, 0.1) is 11.4 Å². The lowest BCUT2D eigenvalue weighted by molar-refractivity contribution is 0.727. The van der Waals surface area contributed by atoms with Crippen LogP contribution in [0.15, 0.2) is 30.3 Å². The van der Waals surface area contributed by atoms with Gasteiger partial charge in [0.15, 0.2) is 0 Å². The topological polar surface area (TPSA) is 17.8 Å². The van der Waals surface area contributed by atoms with E-state index in [0.29, 0.717) is 0 Å². The molecule has 0 amide bonds. The Hall–Kier alpha value is -1.28. The molecule has 3 heteroatoms. The Bertz CT molecular complexity index is 485. The van der Waals surface area contributed by atoms with E-state index in [4.69, 9.17) is 11.6 Å². The summed E-state index contributed by atoms with van der Waals surface area (Å²) in [6.07, 6.45) is 3.46. The molecule has 0 radical (unpaired) electrons. The standard InChI is InChI=1S/C14H17ClN2/c1-3-4-5-14-10-11(2)16-17(14)13-8-6-12(15)7-9-13/h6-10H,3-5H2,1-2H3. The van der Waals surface area contributed by atoms with Crippen molar-refractivity contribution in [2.75, 3.05) is 0 Å². The number of aryl methyl sites for hydroxylation is 2. The molecule has 1 aromatic heterocycles. The SMILES string of the molecule is CCCCc1cc(C)nn1-c1ccc(Cl)cc1. The molecule has 90 valence electrons. The molecule has 0 unspecified atom stereocenters. The highest BCUT2D eigenvalue weighted by atomic mass is 35.5. The summed E-state index contributed by atoms with van der Waals surface area (Å²) >= 11 is 5.90. The Morgan fingerprint density at radius 3 is 2.59 bits per heavy atom. The van der Waals surface area contributed by atoms with Crippen LogP contribution in [0, 0.1) is 6.92 Å². The summed E-state index contributed by atoms with van der Waals surface area (Å²) in [4.78, 5) is 0. The van der Waals surface area contributed by atoms with Gasteiger partial charge in [-0.3, -0.25) is 0 Å². The van der Waals surface area contributed by atoms with Crippen LogP contribution in [0.25, 0.3) is 5.69 Å². The van der Waals surface area contributed by atoms with Gasteiger partial charge in [0.1, 0.15) is 0 Å². The Morgan fingerprint density at radius 2 is 1.94 bits per heavy atom. The number of halogens is 1. The molecule has 0 saturated heterocycles. The molecule has 0 bridgehead atoms. The molecule has 1 heterocycles. The monoisotopic (exact) mass is 248 g/mol. The van der Waals surface area contributed by atoms with E-state index >= 15 is 0 Å². The van der Waals surface area contributed by atoms with E-state index in [1.165, 1.54) is 18.5 Å². The molecule has 0 fully saturated rings. The quantitative estimate of drug-likeness (QED) is 0.794. The highest BCUT2D eigenvalue weighted by Crippen LogP contribution is 2.17. The van der Waals surface area contributed by atoms with E-state index in [9.17, 15) is 0 Å². The second-order valence-electron chi connectivity index (χ2n) is 4.27. The molecule has 0 atom stereocenters. The molecule has 0 saturated carbocycles. The summed E-state index contributed by atoms with van der Waals surface area (Å²) in [7, 11) is 0. The number of nitrogens with zero attached hydrogens (tertiary/aromatic N) is 2. The van der Waals surface area contributed by atoms with Crippen LogP contribution in [0.3, 0.4) is 0 Å². The summed E-state index contributed by atoms with van der Waals surface area (Å²) in [5, 5.41) is 5.29. The Labute approximate surface area is 107 Å². The van der Waals surface area contributed by atoms with Gasteiger partial charge in [-0.25, -0.2) is 4.68 Å². The van der Waals surface area contributed by atoms with Crippen LogP contribution in [-0.4, -0.2) is 9.78 Å². The first-order chi connectivity index (χ1) is 8.20. The minimum atomic E-state index is 0.757. The van der Waals surface area contributed by atoms with Gasteiger partial charge in [-0.1, -0.05) is 24.9 Å². The summed E-state index contributed by atoms with van der Waals surface area (Å²) in [5.74, 6) is 0. The first-order valence-corrected chi connectivity index (χ1v) is 6.40. The zero-order valence-corrected chi connectivity index (χ0v) is 11.0. The maximum atomic E-state index is 5.90. The van der Waals surface area contributed by atoms with Crippen LogP contribution in [-0.2, 0) is 6.42 Å². The molecule has 2 aromatic rings. The van der Waals surface area contributed by atoms with Gasteiger partial charge in [-0.15, -0.1) is 0 Å². The summed E-state index contributed by atoms with van der Waals surface area (Å²) < 4.78 is 2.02. The van der Waals surface area contributed by atoms with Crippen LogP contribution in [0.2, 0.25) is 5.02 Å². The van der Waals surface area contributed by atoms with Gasteiger partial charge in [0.25, 0.3) is 0 Å². The summed E-state index contributed by atoms with van der Waals surface area (Å²) in [6.45, 7) is 4.23. The minimum absolute atomic E-state index is 0.757. The highest BCUT2D eigenvalue weighted by molar-refractivity contribution is 6.30. The van der Waals surface area contributed by atoms with Crippen LogP contribution >= 0.6 is 11.6 Å². The predicted molar refractivity (Wildman–Crippen MR) is 71.9 cm³/mol. The summed E-state index contributed by atoms with van der Waals surface area (Å²) in [6, 6.07) is 9.97. The predicted octanol–water partition coefficient (Wildman–Crippen LogP) is 4.18. The fourth-order valence-corrected chi connectivity index (χ4v) is 2.02. The van der Waals surface area contributed by atoms with Crippen LogP contribution in [0.1, 0.15) is 31.2 Å². The van der Waals surface area contributed by atoms with Crippen molar-refractivity contribution in [3.05, 3.63) is 46.7 Å². The second-order valence-corrected chi connectivity index (χ2v) is 4.71. The molecule has 17 heavy (non-hydrogen) atoms. The van der Waals surface area contributed by atoms with Gasteiger partial charge in [-0.05, 0) is 50.1 Å². The van der Waals surface area contributed by atoms with Gasteiger partial charge in [0, 0.05) is 10.7 Å². The maximum absolute atomic E-state index is 5.90. The Morgan fingerprint density at radius 1 is 1.24 bits per heavy atom. The van der Waals surface area contributed by atoms with Crippen molar-refractivity contribution in [1.82, 2.24) is 9.78 Å². The van der Waals surface area contributed by atoms with Gasteiger partial charge < -0.3 is 0 Å². The first kappa shape index (κ1) is 12.2. The fourth-order valence-electron chi connectivity index (χ4n) is 1.89. The van der Waals surface area contributed by atoms with Crippen LogP contribution < -0.4 is 0 Å². The van der Waals surface area contributed by atoms with Crippen molar-refractivity contribution >= 4 is 11.6 Å². The maximum Gasteiger partial charge on any atom is 0.0649 e. The van der Waals surface area contributed by atoms with Gasteiger partial charge >= 0.3 is 0 Å². The highest BCUT2D eigenvalue weighted by Gasteiger charge is 2.06. The summed E-state index contributed by atoms with van der Waals surface area (Å²) in [5.41, 5.74) is 3.41. The Kier molecular flexibility index (Phi) is 3.85. The number of hydrogen-bond donors (Lipinski definition) is 0. The molecule has 0 N–H and O–H groups in total. The van der Waals surface area contributed by atoms with Crippen molar-refractivity contribution in [2.24, 2.45) is 0 Å². The average Bonchev–Trinajstić information content (AvgIpc) is 2.69. The molecule has 0 aliphatic heterocycles. The number of aromatic nitrogens is 2. The molecule has 1 aromatic carbocycles. The molecule has 2 nitrogen and oxygen atoms in total. The zero-order chi connectivity index (χ0) is 12.3. The smallest absolute Gasteiger partial charge is 0.0649 e. The molecule has 0 aliphatic carbocycles. The van der Waals surface area contributed by atoms with Gasteiger partial charge in [-0.2, -0.15) is 5.10 Å². The van der Waals surface area contributed by atoms with Crippen molar-refractivity contribution < 1.29 is 0 Å². The van der Waals surface area contributed by atoms with Gasteiger partial charge in [0.2, 0.25) is 0 Å². The van der Waals surface area contributed by atoms with Crippen molar-refractivity contribution in [3.8, 4) is 5.69 Å². The molecule has 0 spiro atoms. The third-order valence-corrected chi connectivity index (χ3v) is 3.01. The fraction of sp³-hybridized carbons (Fsp3) is 0.357. The molecule has 0 aliphatic rings. The second kappa shape index (κ2) is 5.37. The largest absolute Gasteiger partial charge is 0.238 e. The number of unbranched alkanes of at least 4 members (excludes halogenated alkanes) is 1. The first-order valence-electron chi connectivity index (χ1n) is 6.02. The van der Waals surface area contributed by atoms with Crippen LogP contribution in [0.4, 0.5) is 0 Å². The average molecular weight is 249 g/mol.